The first-order valence-electron chi connectivity index (χ1n) is 13.4. The lowest BCUT2D eigenvalue weighted by molar-refractivity contribution is -0.115. The van der Waals surface area contributed by atoms with E-state index in [-0.39, 0.29) is 18.2 Å². The van der Waals surface area contributed by atoms with Gasteiger partial charge in [0.2, 0.25) is 5.91 Å². The fourth-order valence-electron chi connectivity index (χ4n) is 4.56. The van der Waals surface area contributed by atoms with E-state index in [0.29, 0.717) is 28.5 Å². The molecule has 0 aliphatic carbocycles. The van der Waals surface area contributed by atoms with Gasteiger partial charge in [0.05, 0.1) is 12.1 Å². The van der Waals surface area contributed by atoms with Crippen molar-refractivity contribution < 1.29 is 9.59 Å². The lowest BCUT2D eigenvalue weighted by atomic mass is 10.1. The van der Waals surface area contributed by atoms with Crippen molar-refractivity contribution in [3.63, 3.8) is 0 Å². The quantitative estimate of drug-likeness (QED) is 0.351. The standard InChI is InChI=1S/C31H33N7O2/c1-22-5-10-26(34-31(40)24-8-6-23(7-9-24)21-38-16-14-37(2)15-17-38)18-28(22)36-30(39)19-29-33-13-11-27(35-29)25-4-3-12-32-20-25/h3-13,18,20H,14-17,19,21H2,1-2H3,(H,34,40)(H,36,39). The summed E-state index contributed by atoms with van der Waals surface area (Å²) in [7, 11) is 2.15. The van der Waals surface area contributed by atoms with E-state index in [1.54, 1.807) is 30.7 Å². The Labute approximate surface area is 234 Å². The number of nitrogens with one attached hydrogen (secondary N) is 2. The molecule has 2 aromatic heterocycles. The van der Waals surface area contributed by atoms with Gasteiger partial charge in [0, 0.05) is 73.8 Å². The van der Waals surface area contributed by atoms with Crippen LogP contribution >= 0.6 is 0 Å². The average Bonchev–Trinajstić information content (AvgIpc) is 2.97. The third-order valence-electron chi connectivity index (χ3n) is 6.97. The molecule has 1 saturated heterocycles. The zero-order valence-corrected chi connectivity index (χ0v) is 22.8. The van der Waals surface area contributed by atoms with Crippen LogP contribution in [0.15, 0.2) is 79.3 Å². The molecule has 0 saturated carbocycles. The van der Waals surface area contributed by atoms with Crippen molar-refractivity contribution in [3.8, 4) is 11.3 Å². The van der Waals surface area contributed by atoms with E-state index in [0.717, 1.165) is 43.9 Å². The second kappa shape index (κ2) is 12.6. The van der Waals surface area contributed by atoms with E-state index >= 15 is 0 Å². The minimum Gasteiger partial charge on any atom is -0.325 e. The fraction of sp³-hybridized carbons (Fsp3) is 0.258. The molecule has 2 N–H and O–H groups in total. The number of piperazine rings is 1. The number of carbonyl (C=O) groups excluding carboxylic acids is 2. The van der Waals surface area contributed by atoms with Crippen LogP contribution in [-0.4, -0.2) is 69.8 Å². The molecule has 2 amide bonds. The Hall–Kier alpha value is -4.47. The first-order chi connectivity index (χ1) is 19.4. The van der Waals surface area contributed by atoms with Crippen LogP contribution in [0.25, 0.3) is 11.3 Å². The van der Waals surface area contributed by atoms with Crippen molar-refractivity contribution in [2.45, 2.75) is 19.9 Å². The van der Waals surface area contributed by atoms with Crippen LogP contribution in [0.4, 0.5) is 11.4 Å². The third kappa shape index (κ3) is 7.13. The summed E-state index contributed by atoms with van der Waals surface area (Å²) < 4.78 is 0. The Morgan fingerprint density at radius 3 is 2.48 bits per heavy atom. The molecule has 9 heteroatoms. The minimum absolute atomic E-state index is 0.0185. The summed E-state index contributed by atoms with van der Waals surface area (Å²) >= 11 is 0. The number of hydrogen-bond donors (Lipinski definition) is 2. The maximum atomic E-state index is 12.9. The lowest BCUT2D eigenvalue weighted by Gasteiger charge is -2.32. The monoisotopic (exact) mass is 535 g/mol. The molecule has 1 aliphatic heterocycles. The molecule has 4 aromatic rings. The number of anilines is 2. The predicted octanol–water partition coefficient (Wildman–Crippen LogP) is 4.03. The predicted molar refractivity (Wildman–Crippen MR) is 156 cm³/mol. The zero-order valence-electron chi connectivity index (χ0n) is 22.8. The van der Waals surface area contributed by atoms with Crippen LogP contribution in [0.2, 0.25) is 0 Å². The summed E-state index contributed by atoms with van der Waals surface area (Å²) in [5.74, 6) is -0.0317. The summed E-state index contributed by atoms with van der Waals surface area (Å²) in [6.07, 6.45) is 5.07. The van der Waals surface area contributed by atoms with Gasteiger partial charge < -0.3 is 15.5 Å². The summed E-state index contributed by atoms with van der Waals surface area (Å²) in [5, 5.41) is 5.87. The number of benzene rings is 2. The largest absolute Gasteiger partial charge is 0.325 e. The first kappa shape index (κ1) is 27.1. The van der Waals surface area contributed by atoms with Crippen LogP contribution in [0.1, 0.15) is 27.3 Å². The number of pyridine rings is 1. The molecule has 1 fully saturated rings. The normalized spacial score (nSPS) is 14.1. The highest BCUT2D eigenvalue weighted by atomic mass is 16.2. The van der Waals surface area contributed by atoms with E-state index in [1.807, 2.05) is 55.5 Å². The van der Waals surface area contributed by atoms with E-state index in [4.69, 9.17) is 0 Å². The SMILES string of the molecule is Cc1ccc(NC(=O)c2ccc(CN3CCN(C)CC3)cc2)cc1NC(=O)Cc1nccc(-c2cccnc2)n1. The van der Waals surface area contributed by atoms with Crippen LogP contribution in [0, 0.1) is 6.92 Å². The van der Waals surface area contributed by atoms with Crippen LogP contribution in [-0.2, 0) is 17.8 Å². The van der Waals surface area contributed by atoms with E-state index in [9.17, 15) is 9.59 Å². The van der Waals surface area contributed by atoms with Crippen LogP contribution in [0.3, 0.4) is 0 Å². The highest BCUT2D eigenvalue weighted by Crippen LogP contribution is 2.22. The van der Waals surface area contributed by atoms with Crippen molar-refractivity contribution in [1.82, 2.24) is 24.8 Å². The molecule has 204 valence electrons. The Bertz CT molecular complexity index is 1470. The van der Waals surface area contributed by atoms with Crippen LogP contribution < -0.4 is 10.6 Å². The number of amides is 2. The summed E-state index contributed by atoms with van der Waals surface area (Å²) in [6, 6.07) is 18.7. The van der Waals surface area contributed by atoms with Crippen molar-refractivity contribution in [2.75, 3.05) is 43.9 Å². The van der Waals surface area contributed by atoms with Gasteiger partial charge >= 0.3 is 0 Å². The molecular weight excluding hydrogens is 502 g/mol. The number of aryl methyl sites for hydroxylation is 1. The van der Waals surface area contributed by atoms with Gasteiger partial charge in [-0.1, -0.05) is 18.2 Å². The highest BCUT2D eigenvalue weighted by Gasteiger charge is 2.15. The Morgan fingerprint density at radius 1 is 0.925 bits per heavy atom. The van der Waals surface area contributed by atoms with Crippen molar-refractivity contribution in [1.29, 1.82) is 0 Å². The molecule has 0 spiro atoms. The maximum absolute atomic E-state index is 12.9. The number of likely N-dealkylation sites (N-methyl/N-ethyl adjacent to an activating group) is 1. The molecular formula is C31H33N7O2. The molecule has 40 heavy (non-hydrogen) atoms. The number of rotatable bonds is 8. The minimum atomic E-state index is -0.245. The number of nitrogens with zero attached hydrogens (tertiary/aromatic N) is 5. The molecule has 0 radical (unpaired) electrons. The van der Waals surface area contributed by atoms with Crippen molar-refractivity contribution in [3.05, 3.63) is 102 Å². The summed E-state index contributed by atoms with van der Waals surface area (Å²) in [6.45, 7) is 7.04. The molecule has 3 heterocycles. The average molecular weight is 536 g/mol. The number of hydrogen-bond acceptors (Lipinski definition) is 7. The summed E-state index contributed by atoms with van der Waals surface area (Å²) in [4.78, 5) is 43.4. The number of carbonyl (C=O) groups is 2. The van der Waals surface area contributed by atoms with Gasteiger partial charge in [-0.25, -0.2) is 9.97 Å². The molecule has 5 rings (SSSR count). The maximum Gasteiger partial charge on any atom is 0.255 e. The Kier molecular flexibility index (Phi) is 8.53. The van der Waals surface area contributed by atoms with Gasteiger partial charge in [-0.3, -0.25) is 19.5 Å². The highest BCUT2D eigenvalue weighted by molar-refractivity contribution is 6.04. The van der Waals surface area contributed by atoms with Gasteiger partial charge in [0.1, 0.15) is 5.82 Å². The van der Waals surface area contributed by atoms with Gasteiger partial charge in [0.15, 0.2) is 0 Å². The van der Waals surface area contributed by atoms with Gasteiger partial charge in [0.25, 0.3) is 5.91 Å². The smallest absolute Gasteiger partial charge is 0.255 e. The molecule has 0 atom stereocenters. The van der Waals surface area contributed by atoms with Gasteiger partial charge in [-0.15, -0.1) is 0 Å². The molecule has 2 aromatic carbocycles. The Balaban J connectivity index is 1.18. The topological polar surface area (TPSA) is 103 Å². The van der Waals surface area contributed by atoms with E-state index in [2.05, 4.69) is 42.4 Å². The zero-order chi connectivity index (χ0) is 27.9. The van der Waals surface area contributed by atoms with Crippen molar-refractivity contribution >= 4 is 23.2 Å². The molecule has 0 unspecified atom stereocenters. The summed E-state index contributed by atoms with van der Waals surface area (Å²) in [5.41, 5.74) is 5.44. The molecule has 0 bridgehead atoms. The second-order valence-electron chi connectivity index (χ2n) is 10.1. The lowest BCUT2D eigenvalue weighted by Crippen LogP contribution is -2.43. The van der Waals surface area contributed by atoms with Crippen molar-refractivity contribution in [2.24, 2.45) is 0 Å². The third-order valence-corrected chi connectivity index (χ3v) is 6.97. The van der Waals surface area contributed by atoms with E-state index in [1.165, 1.54) is 5.56 Å². The number of aromatic nitrogens is 3. The first-order valence-corrected chi connectivity index (χ1v) is 13.4. The van der Waals surface area contributed by atoms with Gasteiger partial charge in [-0.05, 0) is 67.6 Å². The second-order valence-corrected chi connectivity index (χ2v) is 10.1. The van der Waals surface area contributed by atoms with Crippen LogP contribution in [0.5, 0.6) is 0 Å². The van der Waals surface area contributed by atoms with E-state index < -0.39 is 0 Å². The molecule has 9 nitrogen and oxygen atoms in total. The van der Waals surface area contributed by atoms with Gasteiger partial charge in [-0.2, -0.15) is 0 Å². The Morgan fingerprint density at radius 2 is 1.73 bits per heavy atom. The molecule has 1 aliphatic rings. The fourth-order valence-corrected chi connectivity index (χ4v) is 4.56.